The van der Waals surface area contributed by atoms with Gasteiger partial charge in [-0.1, -0.05) is 37.1 Å². The van der Waals surface area contributed by atoms with Crippen molar-refractivity contribution in [3.8, 4) is 11.5 Å². The van der Waals surface area contributed by atoms with Crippen molar-refractivity contribution >= 4 is 40.9 Å². The molecule has 0 amide bonds. The van der Waals surface area contributed by atoms with Gasteiger partial charge in [-0.2, -0.15) is 0 Å². The van der Waals surface area contributed by atoms with Gasteiger partial charge in [0, 0.05) is 28.2 Å². The van der Waals surface area contributed by atoms with E-state index in [9.17, 15) is 19.5 Å². The van der Waals surface area contributed by atoms with Gasteiger partial charge in [0.1, 0.15) is 11.5 Å². The third-order valence-corrected chi connectivity index (χ3v) is 6.11. The molecule has 0 bridgehead atoms. The lowest BCUT2D eigenvalue weighted by Gasteiger charge is -2.16. The van der Waals surface area contributed by atoms with Crippen LogP contribution in [0.1, 0.15) is 65.8 Å². The Bertz CT molecular complexity index is 971. The number of aromatic hydroxyl groups is 1. The number of phenols is 1. The highest BCUT2D eigenvalue weighted by atomic mass is 35.5. The van der Waals surface area contributed by atoms with E-state index in [2.05, 4.69) is 0 Å². The highest BCUT2D eigenvalue weighted by Crippen LogP contribution is 2.39. The molecule has 0 saturated carbocycles. The molecule has 0 aliphatic heterocycles. The van der Waals surface area contributed by atoms with Gasteiger partial charge < -0.3 is 14.9 Å². The van der Waals surface area contributed by atoms with Crippen LogP contribution in [0, 0.1) is 0 Å². The zero-order valence-corrected chi connectivity index (χ0v) is 19.7. The molecule has 0 unspecified atom stereocenters. The van der Waals surface area contributed by atoms with Gasteiger partial charge in [0.05, 0.1) is 23.6 Å². The molecule has 0 fully saturated rings. The molecule has 0 aliphatic rings. The Balaban J connectivity index is 1.89. The van der Waals surface area contributed by atoms with Crippen molar-refractivity contribution in [3.05, 3.63) is 52.0 Å². The molecule has 6 nitrogen and oxygen atoms in total. The van der Waals surface area contributed by atoms with E-state index in [-0.39, 0.29) is 35.7 Å². The zero-order chi connectivity index (χ0) is 23.7. The summed E-state index contributed by atoms with van der Waals surface area (Å²) in [5.74, 6) is -0.294. The van der Waals surface area contributed by atoms with E-state index in [0.29, 0.717) is 34.9 Å². The summed E-state index contributed by atoms with van der Waals surface area (Å²) in [6, 6.07) is 8.54. The average molecular weight is 479 g/mol. The summed E-state index contributed by atoms with van der Waals surface area (Å²) in [6.07, 6.45) is 1.86. The summed E-state index contributed by atoms with van der Waals surface area (Å²) in [4.78, 5) is 35.3. The molecule has 0 saturated heterocycles. The Hall–Kier alpha value is -2.51. The second kappa shape index (κ2) is 12.5. The Morgan fingerprint density at radius 3 is 2.41 bits per heavy atom. The van der Waals surface area contributed by atoms with E-state index in [1.54, 1.807) is 23.9 Å². The van der Waals surface area contributed by atoms with Crippen LogP contribution in [-0.2, 0) is 11.2 Å². The summed E-state index contributed by atoms with van der Waals surface area (Å²) in [6.45, 7) is 3.75. The van der Waals surface area contributed by atoms with E-state index < -0.39 is 5.97 Å². The number of ether oxygens (including phenoxy) is 1. The summed E-state index contributed by atoms with van der Waals surface area (Å²) in [5, 5.41) is 19.4. The average Bonchev–Trinajstić information content (AvgIpc) is 2.76. The van der Waals surface area contributed by atoms with E-state index in [0.717, 1.165) is 23.5 Å². The Morgan fingerprint density at radius 1 is 1.12 bits per heavy atom. The maximum atomic E-state index is 11.9. The fraction of sp³-hybridized carbons (Fsp3) is 0.375. The minimum atomic E-state index is -0.985. The quantitative estimate of drug-likeness (QED) is 0.213. The molecule has 2 aromatic carbocycles. The number of rotatable bonds is 13. The lowest BCUT2D eigenvalue weighted by Crippen LogP contribution is -2.05. The van der Waals surface area contributed by atoms with Crippen LogP contribution in [-0.4, -0.2) is 40.1 Å². The maximum Gasteiger partial charge on any atom is 0.303 e. The molecule has 8 heteroatoms. The molecule has 32 heavy (non-hydrogen) atoms. The van der Waals surface area contributed by atoms with E-state index in [1.165, 1.54) is 13.0 Å². The van der Waals surface area contributed by atoms with Gasteiger partial charge in [-0.25, -0.2) is 0 Å². The predicted molar refractivity (Wildman–Crippen MR) is 126 cm³/mol. The number of carboxylic acid groups (broad SMARTS) is 1. The topological polar surface area (TPSA) is 101 Å². The standard InChI is InChI=1S/C24H27ClO6S/c1-3-5-18-23(30)19(15(2)26)14-20(25)24(18)31-12-4-13-32-17-8-6-16(7-9-17)21(27)10-11-22(28)29/h6-9,14,30H,3-5,10-13H2,1-2H3,(H,28,29). The first-order valence-corrected chi connectivity index (χ1v) is 11.8. The van der Waals surface area contributed by atoms with Crippen molar-refractivity contribution in [1.29, 1.82) is 0 Å². The molecule has 0 heterocycles. The van der Waals surface area contributed by atoms with Gasteiger partial charge in [-0.3, -0.25) is 14.4 Å². The Morgan fingerprint density at radius 2 is 1.81 bits per heavy atom. The van der Waals surface area contributed by atoms with Crippen LogP contribution in [0.4, 0.5) is 0 Å². The number of hydrogen-bond acceptors (Lipinski definition) is 6. The predicted octanol–water partition coefficient (Wildman–Crippen LogP) is 5.81. The number of Topliss-reactive ketones (excluding diaryl/α,β-unsaturated/α-hetero) is 2. The van der Waals surface area contributed by atoms with Crippen molar-refractivity contribution in [2.75, 3.05) is 12.4 Å². The van der Waals surface area contributed by atoms with Crippen LogP contribution < -0.4 is 4.74 Å². The Labute approximate surface area is 196 Å². The van der Waals surface area contributed by atoms with Crippen LogP contribution in [0.25, 0.3) is 0 Å². The maximum absolute atomic E-state index is 11.9. The van der Waals surface area contributed by atoms with E-state index in [1.807, 2.05) is 19.1 Å². The summed E-state index contributed by atoms with van der Waals surface area (Å²) >= 11 is 7.93. The van der Waals surface area contributed by atoms with Gasteiger partial charge >= 0.3 is 5.97 Å². The number of carbonyl (C=O) groups excluding carboxylic acids is 2. The van der Waals surface area contributed by atoms with Crippen molar-refractivity contribution in [2.24, 2.45) is 0 Å². The second-order valence-corrected chi connectivity index (χ2v) is 8.84. The minimum absolute atomic E-state index is 0.00924. The highest BCUT2D eigenvalue weighted by molar-refractivity contribution is 7.99. The van der Waals surface area contributed by atoms with Crippen LogP contribution in [0.15, 0.2) is 35.2 Å². The zero-order valence-electron chi connectivity index (χ0n) is 18.2. The number of hydrogen-bond donors (Lipinski definition) is 2. The summed E-state index contributed by atoms with van der Waals surface area (Å²) in [7, 11) is 0. The fourth-order valence-electron chi connectivity index (χ4n) is 3.11. The minimum Gasteiger partial charge on any atom is -0.507 e. The first-order valence-electron chi connectivity index (χ1n) is 10.4. The third kappa shape index (κ3) is 7.28. The van der Waals surface area contributed by atoms with Gasteiger partial charge in [-0.15, -0.1) is 11.8 Å². The molecule has 0 aliphatic carbocycles. The van der Waals surface area contributed by atoms with Gasteiger partial charge in [-0.05, 0) is 38.0 Å². The van der Waals surface area contributed by atoms with Gasteiger partial charge in [0.2, 0.25) is 0 Å². The van der Waals surface area contributed by atoms with Crippen LogP contribution in [0.5, 0.6) is 11.5 Å². The number of carbonyl (C=O) groups is 3. The highest BCUT2D eigenvalue weighted by Gasteiger charge is 2.19. The van der Waals surface area contributed by atoms with E-state index >= 15 is 0 Å². The van der Waals surface area contributed by atoms with Gasteiger partial charge in [0.25, 0.3) is 0 Å². The molecule has 0 atom stereocenters. The van der Waals surface area contributed by atoms with Crippen LogP contribution in [0.2, 0.25) is 5.02 Å². The molecule has 172 valence electrons. The molecule has 0 spiro atoms. The molecular weight excluding hydrogens is 452 g/mol. The molecular formula is C24H27ClO6S. The number of halogens is 1. The summed E-state index contributed by atoms with van der Waals surface area (Å²) in [5.41, 5.74) is 1.26. The number of thioether (sulfide) groups is 1. The lowest BCUT2D eigenvalue weighted by atomic mass is 10.0. The number of aliphatic carboxylic acids is 1. The molecule has 0 radical (unpaired) electrons. The third-order valence-electron chi connectivity index (χ3n) is 4.73. The lowest BCUT2D eigenvalue weighted by molar-refractivity contribution is -0.136. The summed E-state index contributed by atoms with van der Waals surface area (Å²) < 4.78 is 5.86. The largest absolute Gasteiger partial charge is 0.507 e. The normalized spacial score (nSPS) is 10.7. The monoisotopic (exact) mass is 478 g/mol. The Kier molecular flexibility index (Phi) is 10.1. The van der Waals surface area contributed by atoms with Crippen LogP contribution in [0.3, 0.4) is 0 Å². The van der Waals surface area contributed by atoms with Crippen molar-refractivity contribution in [2.45, 2.75) is 50.8 Å². The number of ketones is 2. The number of carboxylic acids is 1. The van der Waals surface area contributed by atoms with Crippen molar-refractivity contribution in [3.63, 3.8) is 0 Å². The SMILES string of the molecule is CCCc1c(O)c(C(C)=O)cc(Cl)c1OCCCSc1ccc(C(=O)CCC(=O)O)cc1. The first-order chi connectivity index (χ1) is 15.2. The molecule has 0 aromatic heterocycles. The smallest absolute Gasteiger partial charge is 0.303 e. The van der Waals surface area contributed by atoms with Crippen molar-refractivity contribution in [1.82, 2.24) is 0 Å². The number of benzene rings is 2. The number of phenolic OH excluding ortho intramolecular Hbond substituents is 1. The molecule has 2 rings (SSSR count). The molecule has 2 N–H and O–H groups in total. The van der Waals surface area contributed by atoms with Crippen LogP contribution >= 0.6 is 23.4 Å². The van der Waals surface area contributed by atoms with Gasteiger partial charge in [0.15, 0.2) is 11.6 Å². The second-order valence-electron chi connectivity index (χ2n) is 7.26. The van der Waals surface area contributed by atoms with E-state index in [4.69, 9.17) is 21.4 Å². The fourth-order valence-corrected chi connectivity index (χ4v) is 4.21. The van der Waals surface area contributed by atoms with Crippen molar-refractivity contribution < 1.29 is 29.3 Å². The first kappa shape index (κ1) is 25.7. The molecule has 2 aromatic rings.